The Balaban J connectivity index is 2.48. The molecule has 3 N–H and O–H groups in total. The molecule has 112 valence electrons. The lowest BCUT2D eigenvalue weighted by atomic mass is 10.2. The lowest BCUT2D eigenvalue weighted by Gasteiger charge is -2.12. The number of nitrogens with two attached hydrogens (primary N) is 1. The molecule has 8 heteroatoms. The zero-order valence-electron chi connectivity index (χ0n) is 10.6. The van der Waals surface area contributed by atoms with Crippen molar-refractivity contribution in [2.75, 3.05) is 4.72 Å². The third kappa shape index (κ3) is 3.33. The first-order chi connectivity index (χ1) is 9.86. The van der Waals surface area contributed by atoms with Crippen LogP contribution >= 0.6 is 22.6 Å². The molecule has 0 radical (unpaired) electrons. The maximum atomic E-state index is 14.1. The summed E-state index contributed by atoms with van der Waals surface area (Å²) in [5.41, 5.74) is 5.10. The van der Waals surface area contributed by atoms with Gasteiger partial charge in [0.2, 0.25) is 0 Å². The zero-order valence-corrected chi connectivity index (χ0v) is 13.6. The van der Waals surface area contributed by atoms with E-state index < -0.39 is 38.7 Å². The highest BCUT2D eigenvalue weighted by Gasteiger charge is 2.23. The van der Waals surface area contributed by atoms with Crippen molar-refractivity contribution in [1.82, 2.24) is 0 Å². The van der Waals surface area contributed by atoms with Crippen LogP contribution in [0.3, 0.4) is 0 Å². The highest BCUT2D eigenvalue weighted by Crippen LogP contribution is 2.25. The second-order valence-electron chi connectivity index (χ2n) is 4.13. The second kappa shape index (κ2) is 6.24. The lowest BCUT2D eigenvalue weighted by Crippen LogP contribution is -2.17. The van der Waals surface area contributed by atoms with E-state index >= 15 is 0 Å². The van der Waals surface area contributed by atoms with E-state index in [0.29, 0.717) is 9.26 Å². The lowest BCUT2D eigenvalue weighted by molar-refractivity contribution is 0.530. The standard InChI is InChI=1S/C13H11F2IN2O2S/c14-9-5-6-12(13(15)8(9)7-17)21(19,20)18-11-4-2-1-3-10(11)16/h1-6,18H,7,17H2. The van der Waals surface area contributed by atoms with Gasteiger partial charge >= 0.3 is 0 Å². The number of rotatable bonds is 4. The minimum atomic E-state index is -4.17. The molecule has 0 amide bonds. The fraction of sp³-hybridized carbons (Fsp3) is 0.0769. The van der Waals surface area contributed by atoms with E-state index in [1.165, 1.54) is 0 Å². The van der Waals surface area contributed by atoms with Crippen molar-refractivity contribution in [1.29, 1.82) is 0 Å². The molecule has 0 unspecified atom stereocenters. The Hall–Kier alpha value is -1.26. The first-order valence-electron chi connectivity index (χ1n) is 5.81. The molecule has 0 aliphatic heterocycles. The van der Waals surface area contributed by atoms with Gasteiger partial charge in [0.1, 0.15) is 10.7 Å². The molecule has 0 atom stereocenters. The third-order valence-electron chi connectivity index (χ3n) is 2.76. The van der Waals surface area contributed by atoms with Crippen molar-refractivity contribution < 1.29 is 17.2 Å². The summed E-state index contributed by atoms with van der Waals surface area (Å²) in [5, 5.41) is 0. The van der Waals surface area contributed by atoms with Crippen LogP contribution in [0.1, 0.15) is 5.56 Å². The Morgan fingerprint density at radius 1 is 1.14 bits per heavy atom. The van der Waals surface area contributed by atoms with Gasteiger partial charge in [-0.1, -0.05) is 12.1 Å². The molecule has 0 bridgehead atoms. The zero-order chi connectivity index (χ0) is 15.6. The molecule has 4 nitrogen and oxygen atoms in total. The summed E-state index contributed by atoms with van der Waals surface area (Å²) >= 11 is 1.95. The van der Waals surface area contributed by atoms with Crippen LogP contribution in [-0.2, 0) is 16.6 Å². The van der Waals surface area contributed by atoms with E-state index in [1.807, 2.05) is 22.6 Å². The first-order valence-corrected chi connectivity index (χ1v) is 8.37. The molecule has 21 heavy (non-hydrogen) atoms. The minimum Gasteiger partial charge on any atom is -0.326 e. The van der Waals surface area contributed by atoms with Crippen molar-refractivity contribution in [3.05, 3.63) is 57.2 Å². The number of hydrogen-bond acceptors (Lipinski definition) is 3. The average Bonchev–Trinajstić information content (AvgIpc) is 2.41. The fourth-order valence-electron chi connectivity index (χ4n) is 1.71. The Morgan fingerprint density at radius 3 is 2.43 bits per heavy atom. The van der Waals surface area contributed by atoms with E-state index in [1.54, 1.807) is 24.3 Å². The molecule has 0 spiro atoms. The second-order valence-corrected chi connectivity index (χ2v) is 6.94. The maximum Gasteiger partial charge on any atom is 0.264 e. The summed E-state index contributed by atoms with van der Waals surface area (Å²) in [6.07, 6.45) is 0. The topological polar surface area (TPSA) is 72.2 Å². The molecular weight excluding hydrogens is 413 g/mol. The molecule has 0 aromatic heterocycles. The van der Waals surface area contributed by atoms with Gasteiger partial charge in [0.05, 0.1) is 5.69 Å². The number of nitrogens with one attached hydrogen (secondary N) is 1. The van der Waals surface area contributed by atoms with Crippen LogP contribution in [0.2, 0.25) is 0 Å². The van der Waals surface area contributed by atoms with Gasteiger partial charge in [-0.2, -0.15) is 0 Å². The molecular formula is C13H11F2IN2O2S. The van der Waals surface area contributed by atoms with Gasteiger partial charge < -0.3 is 5.73 Å². The number of hydrogen-bond donors (Lipinski definition) is 2. The fourth-order valence-corrected chi connectivity index (χ4v) is 3.60. The van der Waals surface area contributed by atoms with Gasteiger partial charge in [0, 0.05) is 15.7 Å². The van der Waals surface area contributed by atoms with Crippen molar-refractivity contribution >= 4 is 38.3 Å². The minimum absolute atomic E-state index is 0.316. The Bertz CT molecular complexity index is 782. The van der Waals surface area contributed by atoms with Crippen molar-refractivity contribution in [3.63, 3.8) is 0 Å². The van der Waals surface area contributed by atoms with E-state index in [9.17, 15) is 17.2 Å². The van der Waals surface area contributed by atoms with Gasteiger partial charge in [0.25, 0.3) is 10.0 Å². The quantitative estimate of drug-likeness (QED) is 0.742. The van der Waals surface area contributed by atoms with Crippen molar-refractivity contribution in [2.24, 2.45) is 5.73 Å². The van der Waals surface area contributed by atoms with Crippen LogP contribution < -0.4 is 10.5 Å². The Morgan fingerprint density at radius 2 is 1.81 bits per heavy atom. The van der Waals surface area contributed by atoms with E-state index in [0.717, 1.165) is 12.1 Å². The molecule has 0 aliphatic carbocycles. The van der Waals surface area contributed by atoms with Crippen LogP contribution in [0.5, 0.6) is 0 Å². The molecule has 2 rings (SSSR count). The Labute approximate surface area is 134 Å². The number of halogens is 3. The average molecular weight is 424 g/mol. The molecule has 0 fully saturated rings. The van der Waals surface area contributed by atoms with Gasteiger partial charge in [-0.15, -0.1) is 0 Å². The third-order valence-corrected chi connectivity index (χ3v) is 5.09. The van der Waals surface area contributed by atoms with E-state index in [4.69, 9.17) is 5.73 Å². The molecule has 0 aliphatic rings. The summed E-state index contributed by atoms with van der Waals surface area (Å²) in [6.45, 7) is -0.427. The number of benzene rings is 2. The smallest absolute Gasteiger partial charge is 0.264 e. The summed E-state index contributed by atoms with van der Waals surface area (Å²) in [6, 6.07) is 8.39. The summed E-state index contributed by atoms with van der Waals surface area (Å²) < 4.78 is 54.9. The molecule has 0 saturated heterocycles. The largest absolute Gasteiger partial charge is 0.326 e. The number of anilines is 1. The van der Waals surface area contributed by atoms with Crippen LogP contribution in [0, 0.1) is 15.2 Å². The van der Waals surface area contributed by atoms with Gasteiger partial charge in [-0.3, -0.25) is 4.72 Å². The molecule has 2 aromatic carbocycles. The van der Waals surface area contributed by atoms with E-state index in [-0.39, 0.29) is 0 Å². The highest BCUT2D eigenvalue weighted by atomic mass is 127. The SMILES string of the molecule is NCc1c(F)ccc(S(=O)(=O)Nc2ccccc2I)c1F. The van der Waals surface area contributed by atoms with Crippen LogP contribution in [0.4, 0.5) is 14.5 Å². The van der Waals surface area contributed by atoms with Crippen LogP contribution in [0.25, 0.3) is 0 Å². The van der Waals surface area contributed by atoms with Gasteiger partial charge in [-0.25, -0.2) is 17.2 Å². The number of sulfonamides is 1. The predicted molar refractivity (Wildman–Crippen MR) is 84.2 cm³/mol. The van der Waals surface area contributed by atoms with Crippen molar-refractivity contribution in [2.45, 2.75) is 11.4 Å². The van der Waals surface area contributed by atoms with Crippen LogP contribution in [-0.4, -0.2) is 8.42 Å². The predicted octanol–water partition coefficient (Wildman–Crippen LogP) is 2.83. The maximum absolute atomic E-state index is 14.1. The highest BCUT2D eigenvalue weighted by molar-refractivity contribution is 14.1. The molecule has 0 saturated carbocycles. The number of para-hydroxylation sites is 1. The molecule has 0 heterocycles. The Kier molecular flexibility index (Phi) is 4.79. The normalized spacial score (nSPS) is 11.4. The monoisotopic (exact) mass is 424 g/mol. The van der Waals surface area contributed by atoms with Crippen molar-refractivity contribution in [3.8, 4) is 0 Å². The summed E-state index contributed by atoms with van der Waals surface area (Å²) in [7, 11) is -4.17. The van der Waals surface area contributed by atoms with Gasteiger partial charge in [-0.05, 0) is 46.9 Å². The molecule has 2 aromatic rings. The first kappa shape index (κ1) is 16.1. The van der Waals surface area contributed by atoms with E-state index in [2.05, 4.69) is 4.72 Å². The van der Waals surface area contributed by atoms with Gasteiger partial charge in [0.15, 0.2) is 5.82 Å². The van der Waals surface area contributed by atoms with Crippen LogP contribution in [0.15, 0.2) is 41.3 Å². The summed E-state index contributed by atoms with van der Waals surface area (Å²) in [4.78, 5) is -0.635. The summed E-state index contributed by atoms with van der Waals surface area (Å²) in [5.74, 6) is -2.04.